The van der Waals surface area contributed by atoms with Crippen LogP contribution in [0.1, 0.15) is 17.3 Å². The largest absolute Gasteiger partial charge is 0.497 e. The first-order chi connectivity index (χ1) is 13.7. The Morgan fingerprint density at radius 2 is 1.86 bits per heavy atom. The summed E-state index contributed by atoms with van der Waals surface area (Å²) in [6.07, 6.45) is 0.273. The van der Waals surface area contributed by atoms with Crippen LogP contribution >= 0.6 is 0 Å². The molecule has 3 rings (SSSR count). The predicted molar refractivity (Wildman–Crippen MR) is 101 cm³/mol. The van der Waals surface area contributed by atoms with Crippen LogP contribution in [0.25, 0.3) is 0 Å². The van der Waals surface area contributed by atoms with Gasteiger partial charge in [-0.2, -0.15) is 5.21 Å². The van der Waals surface area contributed by atoms with Crippen molar-refractivity contribution in [3.8, 4) is 17.2 Å². The van der Waals surface area contributed by atoms with Crippen LogP contribution in [-0.2, 0) is 11.2 Å². The first-order valence-electron chi connectivity index (χ1n) is 8.49. The van der Waals surface area contributed by atoms with E-state index >= 15 is 0 Å². The molecule has 0 unspecified atom stereocenters. The second-order valence-electron chi connectivity index (χ2n) is 5.86. The Hall–Kier alpha value is -3.62. The smallest absolute Gasteiger partial charge is 0.232 e. The summed E-state index contributed by atoms with van der Waals surface area (Å²) < 4.78 is 16.0. The number of ether oxygens (including phenoxy) is 3. The molecule has 9 heteroatoms. The lowest BCUT2D eigenvalue weighted by Gasteiger charge is -2.19. The van der Waals surface area contributed by atoms with Crippen molar-refractivity contribution in [2.75, 3.05) is 26.6 Å². The van der Waals surface area contributed by atoms with Crippen LogP contribution in [0.3, 0.4) is 0 Å². The van der Waals surface area contributed by atoms with Crippen LogP contribution in [0.15, 0.2) is 42.5 Å². The summed E-state index contributed by atoms with van der Waals surface area (Å²) in [4.78, 5) is 13.1. The Bertz CT molecular complexity index is 930. The molecule has 1 heterocycles. The van der Waals surface area contributed by atoms with Crippen molar-refractivity contribution in [2.24, 2.45) is 0 Å². The second-order valence-corrected chi connectivity index (χ2v) is 5.86. The molecule has 1 N–H and O–H groups in total. The second kappa shape index (κ2) is 8.85. The minimum atomic E-state index is -0.735. The van der Waals surface area contributed by atoms with Gasteiger partial charge in [-0.05, 0) is 42.3 Å². The van der Waals surface area contributed by atoms with Crippen molar-refractivity contribution >= 4 is 11.6 Å². The van der Waals surface area contributed by atoms with Crippen molar-refractivity contribution in [1.82, 2.24) is 20.6 Å². The van der Waals surface area contributed by atoms with Gasteiger partial charge in [-0.3, -0.25) is 15.1 Å². The van der Waals surface area contributed by atoms with Crippen LogP contribution in [0.4, 0.5) is 5.69 Å². The normalized spacial score (nSPS) is 11.5. The van der Waals surface area contributed by atoms with Gasteiger partial charge in [0, 0.05) is 5.82 Å². The van der Waals surface area contributed by atoms with E-state index in [0.717, 1.165) is 5.56 Å². The summed E-state index contributed by atoms with van der Waals surface area (Å²) >= 11 is 0. The maximum absolute atomic E-state index is 13.1. The van der Waals surface area contributed by atoms with Gasteiger partial charge in [-0.15, -0.1) is 0 Å². The summed E-state index contributed by atoms with van der Waals surface area (Å²) in [6, 6.07) is 12.5. The number of tetrazole rings is 1. The zero-order valence-corrected chi connectivity index (χ0v) is 15.7. The van der Waals surface area contributed by atoms with Gasteiger partial charge in [0.15, 0.2) is 0 Å². The molecule has 3 aromatic rings. The molecule has 0 radical (unpaired) electrons. The fraction of sp³-hybridized carbons (Fsp3) is 0.263. The highest BCUT2D eigenvalue weighted by molar-refractivity contribution is 5.96. The minimum absolute atomic E-state index is 0.220. The van der Waals surface area contributed by atoms with Crippen LogP contribution in [0.2, 0.25) is 0 Å². The monoisotopic (exact) mass is 382 g/mol. The third-order valence-electron chi connectivity index (χ3n) is 4.24. The molecule has 2 aromatic carbocycles. The number of hydrogen-bond donors (Lipinski definition) is 1. The number of nitrogens with zero attached hydrogens (tertiary/aromatic N) is 4. The van der Waals surface area contributed by atoms with Crippen molar-refractivity contribution in [1.29, 1.82) is 0 Å². The van der Waals surface area contributed by atoms with E-state index in [-0.39, 0.29) is 18.2 Å². The van der Waals surface area contributed by atoms with Crippen molar-refractivity contribution in [2.45, 2.75) is 12.3 Å². The van der Waals surface area contributed by atoms with E-state index in [9.17, 15) is 4.79 Å². The fourth-order valence-electron chi connectivity index (χ4n) is 2.82. The van der Waals surface area contributed by atoms with E-state index in [4.69, 9.17) is 14.2 Å². The highest BCUT2D eigenvalue weighted by Gasteiger charge is 2.24. The van der Waals surface area contributed by atoms with E-state index in [1.165, 1.54) is 7.11 Å². The van der Waals surface area contributed by atoms with Gasteiger partial charge < -0.3 is 24.6 Å². The molecule has 28 heavy (non-hydrogen) atoms. The molecular formula is C19H20N5O4-. The third kappa shape index (κ3) is 4.20. The zero-order chi connectivity index (χ0) is 19.9. The number of rotatable bonds is 8. The highest BCUT2D eigenvalue weighted by Crippen LogP contribution is 2.30. The standard InChI is InChI=1S/C19H21N5O4/c1-26-13-8-9-16(27-2)12(10-13)11-14(18-21-23-24-22-18)19(25)20-15-6-4-5-7-17(15)28-3/h4-10,14H,11H2,1-3H3,(H2,20,21,22,23,24,25)/p-1/t14-/m0/s1. The van der Waals surface area contributed by atoms with Crippen molar-refractivity contribution < 1.29 is 19.0 Å². The van der Waals surface area contributed by atoms with Gasteiger partial charge in [-0.1, -0.05) is 12.1 Å². The number of hydrogen-bond acceptors (Lipinski definition) is 7. The van der Waals surface area contributed by atoms with Gasteiger partial charge in [-0.25, -0.2) is 0 Å². The molecule has 1 aromatic heterocycles. The number of anilines is 1. The summed E-state index contributed by atoms with van der Waals surface area (Å²) in [5, 5.41) is 17.6. The molecule has 1 amide bonds. The van der Waals surface area contributed by atoms with Gasteiger partial charge >= 0.3 is 0 Å². The topological polar surface area (TPSA) is 110 Å². The molecule has 0 saturated heterocycles. The summed E-state index contributed by atoms with van der Waals surface area (Å²) in [5.41, 5.74) is 1.32. The van der Waals surface area contributed by atoms with E-state index in [1.807, 2.05) is 12.1 Å². The predicted octanol–water partition coefficient (Wildman–Crippen LogP) is 1.82. The molecule has 0 bridgehead atoms. The fourth-order valence-corrected chi connectivity index (χ4v) is 2.82. The van der Waals surface area contributed by atoms with Gasteiger partial charge in [0.05, 0.1) is 32.9 Å². The first kappa shape index (κ1) is 19.2. The number of methoxy groups -OCH3 is 3. The van der Waals surface area contributed by atoms with Gasteiger partial charge in [0.2, 0.25) is 5.91 Å². The number of amides is 1. The Morgan fingerprint density at radius 3 is 2.54 bits per heavy atom. The number of benzene rings is 2. The summed E-state index contributed by atoms with van der Waals surface area (Å²) in [7, 11) is 4.68. The number of carbonyl (C=O) groups excluding carboxylic acids is 1. The average molecular weight is 382 g/mol. The quantitative estimate of drug-likeness (QED) is 0.628. The molecule has 0 aliphatic carbocycles. The molecule has 0 aliphatic rings. The number of para-hydroxylation sites is 2. The van der Waals surface area contributed by atoms with Crippen LogP contribution in [0, 0.1) is 0 Å². The van der Waals surface area contributed by atoms with Gasteiger partial charge in [0.25, 0.3) is 0 Å². The number of carbonyl (C=O) groups is 1. The minimum Gasteiger partial charge on any atom is -0.497 e. The molecule has 146 valence electrons. The number of aromatic nitrogens is 4. The maximum Gasteiger partial charge on any atom is 0.232 e. The Labute approximate surface area is 162 Å². The lowest BCUT2D eigenvalue weighted by atomic mass is 9.96. The third-order valence-corrected chi connectivity index (χ3v) is 4.24. The van der Waals surface area contributed by atoms with E-state index in [2.05, 4.69) is 25.9 Å². The van der Waals surface area contributed by atoms with Crippen LogP contribution < -0.4 is 24.6 Å². The van der Waals surface area contributed by atoms with Crippen molar-refractivity contribution in [3.05, 3.63) is 53.9 Å². The van der Waals surface area contributed by atoms with Crippen LogP contribution in [-0.4, -0.2) is 42.8 Å². The highest BCUT2D eigenvalue weighted by atomic mass is 16.5. The molecule has 9 nitrogen and oxygen atoms in total. The SMILES string of the molecule is COc1ccc(OC)c(C[C@H](C(=O)Nc2ccccc2OC)c2nnn[n-]2)c1. The van der Waals surface area contributed by atoms with E-state index < -0.39 is 5.92 Å². The lowest BCUT2D eigenvalue weighted by molar-refractivity contribution is -0.117. The lowest BCUT2D eigenvalue weighted by Crippen LogP contribution is -2.25. The average Bonchev–Trinajstić information content (AvgIpc) is 3.26. The maximum atomic E-state index is 13.1. The molecule has 0 fully saturated rings. The molecule has 0 aliphatic heterocycles. The zero-order valence-electron chi connectivity index (χ0n) is 15.7. The number of nitrogens with one attached hydrogen (secondary N) is 1. The summed E-state index contributed by atoms with van der Waals surface area (Å²) in [5.74, 6) is 0.998. The van der Waals surface area contributed by atoms with Crippen LogP contribution in [0.5, 0.6) is 17.2 Å². The first-order valence-corrected chi connectivity index (χ1v) is 8.49. The summed E-state index contributed by atoms with van der Waals surface area (Å²) in [6.45, 7) is 0. The van der Waals surface area contributed by atoms with Gasteiger partial charge in [0.1, 0.15) is 17.2 Å². The van der Waals surface area contributed by atoms with E-state index in [0.29, 0.717) is 22.9 Å². The van der Waals surface area contributed by atoms with E-state index in [1.54, 1.807) is 44.6 Å². The molecule has 1 atom stereocenters. The molecular weight excluding hydrogens is 362 g/mol. The van der Waals surface area contributed by atoms with Crippen molar-refractivity contribution in [3.63, 3.8) is 0 Å². The Kier molecular flexibility index (Phi) is 6.05. The molecule has 0 saturated carbocycles. The molecule has 0 spiro atoms. The Balaban J connectivity index is 1.91. The Morgan fingerprint density at radius 1 is 1.07 bits per heavy atom.